The van der Waals surface area contributed by atoms with E-state index in [1.165, 1.54) is 27.5 Å². The summed E-state index contributed by atoms with van der Waals surface area (Å²) >= 11 is 0. The van der Waals surface area contributed by atoms with Gasteiger partial charge in [0.15, 0.2) is 11.6 Å². The Labute approximate surface area is 216 Å². The van der Waals surface area contributed by atoms with E-state index in [1.54, 1.807) is 67.7 Å². The third-order valence-electron chi connectivity index (χ3n) is 6.03. The van der Waals surface area contributed by atoms with Crippen molar-refractivity contribution in [2.45, 2.75) is 13.5 Å². The minimum atomic E-state index is -0.707. The molecule has 2 aromatic heterocycles. The number of nitrogens with zero attached hydrogens (tertiary/aromatic N) is 3. The smallest absolute Gasteiger partial charge is 0.338 e. The molecule has 190 valence electrons. The van der Waals surface area contributed by atoms with Crippen LogP contribution in [0.4, 0.5) is 14.5 Å². The van der Waals surface area contributed by atoms with Gasteiger partial charge >= 0.3 is 5.69 Å². The summed E-state index contributed by atoms with van der Waals surface area (Å²) < 4.78 is 37.7. The van der Waals surface area contributed by atoms with Crippen molar-refractivity contribution in [3.63, 3.8) is 0 Å². The summed E-state index contributed by atoms with van der Waals surface area (Å²) in [5.41, 5.74) is 2.54. The van der Waals surface area contributed by atoms with E-state index >= 15 is 4.39 Å². The summed E-state index contributed by atoms with van der Waals surface area (Å²) in [5.74, 6) is -1.56. The standard InChI is InChI=1S/C29H22F2N4O3/c1-3-27(36)33-20-8-5-9-21(14-20)34-24-12-13-32-16-25(24)35(29(34)37)22-10-11-26(23(30)15-22)38-17-19-7-4-6-18(2)28(19)31/h3-16H,1,17H2,2H3,(H,33,36). The first-order valence-electron chi connectivity index (χ1n) is 11.7. The van der Waals surface area contributed by atoms with Crippen LogP contribution in [-0.4, -0.2) is 20.0 Å². The normalized spacial score (nSPS) is 10.9. The first kappa shape index (κ1) is 24.6. The Morgan fingerprint density at radius 2 is 1.79 bits per heavy atom. The third kappa shape index (κ3) is 4.57. The number of hydrogen-bond acceptors (Lipinski definition) is 4. The highest BCUT2D eigenvalue weighted by molar-refractivity contribution is 5.99. The van der Waals surface area contributed by atoms with E-state index in [4.69, 9.17) is 4.74 Å². The number of carbonyl (C=O) groups excluding carboxylic acids is 1. The van der Waals surface area contributed by atoms with Gasteiger partial charge in [0, 0.05) is 23.5 Å². The summed E-state index contributed by atoms with van der Waals surface area (Å²) in [4.78, 5) is 29.5. The fraction of sp³-hybridized carbons (Fsp3) is 0.0690. The maximum atomic E-state index is 15.1. The second kappa shape index (κ2) is 10.1. The zero-order valence-electron chi connectivity index (χ0n) is 20.3. The molecule has 0 aliphatic rings. The first-order chi connectivity index (χ1) is 18.4. The molecule has 0 fully saturated rings. The number of amides is 1. The van der Waals surface area contributed by atoms with E-state index < -0.39 is 17.3 Å². The van der Waals surface area contributed by atoms with Gasteiger partial charge in [-0.1, -0.05) is 30.8 Å². The van der Waals surface area contributed by atoms with Crippen LogP contribution in [0, 0.1) is 18.6 Å². The van der Waals surface area contributed by atoms with Crippen LogP contribution in [0.15, 0.2) is 96.6 Å². The number of imidazole rings is 1. The second-order valence-corrected chi connectivity index (χ2v) is 8.51. The Bertz CT molecular complexity index is 1760. The van der Waals surface area contributed by atoms with Crippen LogP contribution in [0.2, 0.25) is 0 Å². The molecule has 0 bridgehead atoms. The van der Waals surface area contributed by atoms with E-state index in [0.717, 1.165) is 6.08 Å². The molecule has 2 heterocycles. The first-order valence-corrected chi connectivity index (χ1v) is 11.7. The van der Waals surface area contributed by atoms with Gasteiger partial charge < -0.3 is 10.1 Å². The van der Waals surface area contributed by atoms with Crippen LogP contribution in [0.1, 0.15) is 11.1 Å². The summed E-state index contributed by atoms with van der Waals surface area (Å²) in [6.07, 6.45) is 4.21. The van der Waals surface area contributed by atoms with Crippen molar-refractivity contribution < 1.29 is 18.3 Å². The van der Waals surface area contributed by atoms with Crippen molar-refractivity contribution in [3.05, 3.63) is 125 Å². The van der Waals surface area contributed by atoms with Crippen LogP contribution >= 0.6 is 0 Å². The largest absolute Gasteiger partial charge is 0.486 e. The zero-order chi connectivity index (χ0) is 26.8. The minimum Gasteiger partial charge on any atom is -0.486 e. The number of ether oxygens (including phenoxy) is 1. The highest BCUT2D eigenvalue weighted by atomic mass is 19.1. The number of fused-ring (bicyclic) bond motifs is 1. The molecular weight excluding hydrogens is 490 g/mol. The van der Waals surface area contributed by atoms with E-state index in [1.807, 2.05) is 0 Å². The molecule has 9 heteroatoms. The van der Waals surface area contributed by atoms with Gasteiger partial charge in [-0.15, -0.1) is 0 Å². The Morgan fingerprint density at radius 1 is 1.03 bits per heavy atom. The number of pyridine rings is 1. The number of hydrogen-bond donors (Lipinski definition) is 1. The lowest BCUT2D eigenvalue weighted by Gasteiger charge is -2.11. The van der Waals surface area contributed by atoms with E-state index in [0.29, 0.717) is 33.5 Å². The number of aromatic nitrogens is 3. The highest BCUT2D eigenvalue weighted by Gasteiger charge is 2.18. The molecule has 7 nitrogen and oxygen atoms in total. The van der Waals surface area contributed by atoms with Crippen LogP contribution in [0.3, 0.4) is 0 Å². The second-order valence-electron chi connectivity index (χ2n) is 8.51. The summed E-state index contributed by atoms with van der Waals surface area (Å²) in [7, 11) is 0. The van der Waals surface area contributed by atoms with E-state index in [9.17, 15) is 14.0 Å². The molecule has 0 radical (unpaired) electrons. The lowest BCUT2D eigenvalue weighted by Crippen LogP contribution is -2.22. The molecule has 3 aromatic carbocycles. The number of aryl methyl sites for hydroxylation is 1. The van der Waals surface area contributed by atoms with Gasteiger partial charge in [0.2, 0.25) is 5.91 Å². The number of rotatable bonds is 7. The number of nitrogens with one attached hydrogen (secondary N) is 1. The van der Waals surface area contributed by atoms with Gasteiger partial charge in [-0.25, -0.2) is 13.6 Å². The highest BCUT2D eigenvalue weighted by Crippen LogP contribution is 2.26. The Hall–Kier alpha value is -5.05. The predicted octanol–water partition coefficient (Wildman–Crippen LogP) is 5.47. The van der Waals surface area contributed by atoms with Gasteiger partial charge in [-0.3, -0.25) is 18.9 Å². The lowest BCUT2D eigenvalue weighted by molar-refractivity contribution is -0.111. The van der Waals surface area contributed by atoms with Gasteiger partial charge in [-0.05, 0) is 55.0 Å². The van der Waals surface area contributed by atoms with Crippen molar-refractivity contribution in [2.75, 3.05) is 5.32 Å². The molecular formula is C29H22F2N4O3. The average Bonchev–Trinajstić information content (AvgIpc) is 3.21. The topological polar surface area (TPSA) is 78.2 Å². The molecule has 0 aliphatic carbocycles. The van der Waals surface area contributed by atoms with Crippen molar-refractivity contribution in [1.82, 2.24) is 14.1 Å². The van der Waals surface area contributed by atoms with Crippen molar-refractivity contribution in [2.24, 2.45) is 0 Å². The molecule has 0 unspecified atom stereocenters. The van der Waals surface area contributed by atoms with E-state index in [-0.39, 0.29) is 24.0 Å². The van der Waals surface area contributed by atoms with Gasteiger partial charge in [0.1, 0.15) is 12.4 Å². The molecule has 0 aliphatic heterocycles. The predicted molar refractivity (Wildman–Crippen MR) is 141 cm³/mol. The molecule has 1 amide bonds. The zero-order valence-corrected chi connectivity index (χ0v) is 20.3. The minimum absolute atomic E-state index is 0.0739. The molecule has 38 heavy (non-hydrogen) atoms. The molecule has 5 aromatic rings. The van der Waals surface area contributed by atoms with Crippen LogP contribution in [0.5, 0.6) is 5.75 Å². The molecule has 5 rings (SSSR count). The number of benzene rings is 3. The van der Waals surface area contributed by atoms with Gasteiger partial charge in [-0.2, -0.15) is 0 Å². The van der Waals surface area contributed by atoms with Crippen molar-refractivity contribution in [3.8, 4) is 17.1 Å². The average molecular weight is 513 g/mol. The maximum absolute atomic E-state index is 15.1. The summed E-state index contributed by atoms with van der Waals surface area (Å²) in [6, 6.07) is 17.5. The number of halogens is 2. The fourth-order valence-electron chi connectivity index (χ4n) is 4.18. The fourth-order valence-corrected chi connectivity index (χ4v) is 4.18. The summed E-state index contributed by atoms with van der Waals surface area (Å²) in [5, 5.41) is 2.67. The monoisotopic (exact) mass is 512 g/mol. The molecule has 0 atom stereocenters. The van der Waals surface area contributed by atoms with Gasteiger partial charge in [0.05, 0.1) is 28.6 Å². The Kier molecular flexibility index (Phi) is 6.57. The van der Waals surface area contributed by atoms with E-state index in [2.05, 4.69) is 16.9 Å². The van der Waals surface area contributed by atoms with Gasteiger partial charge in [0.25, 0.3) is 0 Å². The summed E-state index contributed by atoms with van der Waals surface area (Å²) in [6.45, 7) is 4.94. The van der Waals surface area contributed by atoms with Crippen molar-refractivity contribution >= 4 is 22.6 Å². The third-order valence-corrected chi connectivity index (χ3v) is 6.03. The molecule has 0 saturated heterocycles. The maximum Gasteiger partial charge on any atom is 0.338 e. The quantitative estimate of drug-likeness (QED) is 0.294. The van der Waals surface area contributed by atoms with Crippen LogP contribution < -0.4 is 15.7 Å². The number of anilines is 1. The Balaban J connectivity index is 1.53. The Morgan fingerprint density at radius 3 is 2.58 bits per heavy atom. The molecule has 0 saturated carbocycles. The van der Waals surface area contributed by atoms with Crippen molar-refractivity contribution in [1.29, 1.82) is 0 Å². The SMILES string of the molecule is C=CC(=O)Nc1cccc(-n2c(=O)n(-c3ccc(OCc4cccc(C)c4F)c(F)c3)c3cnccc32)c1. The van der Waals surface area contributed by atoms with Crippen LogP contribution in [0.25, 0.3) is 22.4 Å². The molecule has 1 N–H and O–H groups in total. The van der Waals surface area contributed by atoms with Crippen LogP contribution in [-0.2, 0) is 11.4 Å². The number of carbonyl (C=O) groups is 1. The lowest BCUT2D eigenvalue weighted by atomic mass is 10.1. The molecule has 0 spiro atoms.